The molecule has 4 heteroatoms. The van der Waals surface area contributed by atoms with Crippen LogP contribution in [0.1, 0.15) is 27.0 Å². The van der Waals surface area contributed by atoms with Gasteiger partial charge in [-0.2, -0.15) is 0 Å². The third-order valence-corrected chi connectivity index (χ3v) is 4.31. The van der Waals surface area contributed by atoms with Crippen molar-refractivity contribution in [3.05, 3.63) is 113 Å². The maximum absolute atomic E-state index is 12.4. The fraction of sp³-hybridized carbons (Fsp3) is 0.0769. The summed E-state index contributed by atoms with van der Waals surface area (Å²) in [6.07, 6.45) is 7.04. The highest BCUT2D eigenvalue weighted by atomic mass is 16.5. The van der Waals surface area contributed by atoms with Crippen LogP contribution in [-0.4, -0.2) is 23.5 Å². The number of hydrogen-bond acceptors (Lipinski definition) is 3. The van der Waals surface area contributed by atoms with Crippen molar-refractivity contribution in [2.75, 3.05) is 6.61 Å². The first-order valence-corrected chi connectivity index (χ1v) is 9.58. The summed E-state index contributed by atoms with van der Waals surface area (Å²) in [4.78, 5) is 23.3. The van der Waals surface area contributed by atoms with E-state index in [2.05, 4.69) is 0 Å². The van der Waals surface area contributed by atoms with Crippen LogP contribution in [0.25, 0.3) is 12.2 Å². The van der Waals surface area contributed by atoms with E-state index in [0.29, 0.717) is 23.5 Å². The van der Waals surface area contributed by atoms with Gasteiger partial charge in [-0.05, 0) is 47.0 Å². The average molecular weight is 398 g/mol. The highest BCUT2D eigenvalue weighted by molar-refractivity contribution is 6.07. The van der Waals surface area contributed by atoms with E-state index in [1.165, 1.54) is 6.08 Å². The van der Waals surface area contributed by atoms with E-state index < -0.39 is 5.97 Å². The molecule has 0 aliphatic carbocycles. The third-order valence-electron chi connectivity index (χ3n) is 4.31. The molecule has 30 heavy (non-hydrogen) atoms. The van der Waals surface area contributed by atoms with Gasteiger partial charge in [0.25, 0.3) is 0 Å². The molecule has 0 amide bonds. The largest absolute Gasteiger partial charge is 0.490 e. The minimum absolute atomic E-state index is 0.108. The molecule has 0 bridgehead atoms. The number of carboxylic acid groups (broad SMARTS) is 1. The van der Waals surface area contributed by atoms with E-state index in [9.17, 15) is 9.59 Å². The number of ketones is 1. The van der Waals surface area contributed by atoms with Crippen molar-refractivity contribution in [2.24, 2.45) is 0 Å². The molecular formula is C26H22O4. The quantitative estimate of drug-likeness (QED) is 0.392. The van der Waals surface area contributed by atoms with E-state index >= 15 is 0 Å². The summed E-state index contributed by atoms with van der Waals surface area (Å²) >= 11 is 0. The molecule has 0 atom stereocenters. The number of carbonyl (C=O) groups is 2. The summed E-state index contributed by atoms with van der Waals surface area (Å²) in [5, 5.41) is 8.89. The molecule has 0 unspecified atom stereocenters. The van der Waals surface area contributed by atoms with Crippen LogP contribution in [0.5, 0.6) is 5.75 Å². The summed E-state index contributed by atoms with van der Waals surface area (Å²) in [5.74, 6) is -0.393. The van der Waals surface area contributed by atoms with Gasteiger partial charge in [-0.3, -0.25) is 9.59 Å². The second-order valence-electron chi connectivity index (χ2n) is 6.67. The maximum Gasteiger partial charge on any atom is 0.307 e. The van der Waals surface area contributed by atoms with Gasteiger partial charge in [0.15, 0.2) is 5.78 Å². The van der Waals surface area contributed by atoms with E-state index in [1.54, 1.807) is 30.3 Å². The molecule has 150 valence electrons. The van der Waals surface area contributed by atoms with Crippen LogP contribution in [-0.2, 0) is 11.2 Å². The van der Waals surface area contributed by atoms with Crippen molar-refractivity contribution in [1.82, 2.24) is 0 Å². The predicted molar refractivity (Wildman–Crippen MR) is 119 cm³/mol. The van der Waals surface area contributed by atoms with E-state index in [1.807, 2.05) is 66.7 Å². The normalized spacial score (nSPS) is 11.1. The van der Waals surface area contributed by atoms with Crippen LogP contribution in [0.4, 0.5) is 0 Å². The highest BCUT2D eigenvalue weighted by Gasteiger charge is 2.05. The summed E-state index contributed by atoms with van der Waals surface area (Å²) in [7, 11) is 0. The molecule has 0 spiro atoms. The lowest BCUT2D eigenvalue weighted by atomic mass is 10.0. The van der Waals surface area contributed by atoms with Crippen LogP contribution >= 0.6 is 0 Å². The molecule has 0 aliphatic heterocycles. The number of allylic oxidation sites excluding steroid dienone is 1. The molecule has 1 N–H and O–H groups in total. The van der Waals surface area contributed by atoms with Gasteiger partial charge < -0.3 is 9.84 Å². The number of benzene rings is 3. The van der Waals surface area contributed by atoms with E-state index in [-0.39, 0.29) is 12.2 Å². The average Bonchev–Trinajstić information content (AvgIpc) is 2.76. The van der Waals surface area contributed by atoms with Gasteiger partial charge in [-0.1, -0.05) is 72.8 Å². The number of carbonyl (C=O) groups excluding carboxylic acids is 1. The molecule has 0 aliphatic rings. The van der Waals surface area contributed by atoms with Gasteiger partial charge in [-0.15, -0.1) is 0 Å². The Labute approximate surface area is 175 Å². The van der Waals surface area contributed by atoms with Crippen molar-refractivity contribution in [1.29, 1.82) is 0 Å². The second-order valence-corrected chi connectivity index (χ2v) is 6.67. The Morgan fingerprint density at radius 1 is 0.833 bits per heavy atom. The Morgan fingerprint density at radius 3 is 2.40 bits per heavy atom. The summed E-state index contributed by atoms with van der Waals surface area (Å²) in [6.45, 7) is 0.442. The number of rotatable bonds is 9. The Bertz CT molecular complexity index is 1070. The third kappa shape index (κ3) is 6.60. The van der Waals surface area contributed by atoms with Gasteiger partial charge in [0.2, 0.25) is 0 Å². The molecule has 0 aromatic heterocycles. The van der Waals surface area contributed by atoms with E-state index in [4.69, 9.17) is 9.84 Å². The summed E-state index contributed by atoms with van der Waals surface area (Å²) in [6, 6.07) is 24.2. The minimum atomic E-state index is -0.925. The van der Waals surface area contributed by atoms with Gasteiger partial charge in [-0.25, -0.2) is 0 Å². The van der Waals surface area contributed by atoms with Crippen LogP contribution in [0.2, 0.25) is 0 Å². The molecule has 0 saturated heterocycles. The van der Waals surface area contributed by atoms with Gasteiger partial charge in [0, 0.05) is 5.56 Å². The number of aliphatic carboxylic acids is 1. The maximum atomic E-state index is 12.4. The molecule has 3 aromatic rings. The number of hydrogen-bond donors (Lipinski definition) is 1. The first-order chi connectivity index (χ1) is 14.6. The molecule has 0 fully saturated rings. The van der Waals surface area contributed by atoms with Gasteiger partial charge in [0.05, 0.1) is 6.42 Å². The molecule has 0 heterocycles. The van der Waals surface area contributed by atoms with Crippen molar-refractivity contribution in [3.63, 3.8) is 0 Å². The summed E-state index contributed by atoms with van der Waals surface area (Å²) < 4.78 is 5.75. The van der Waals surface area contributed by atoms with Gasteiger partial charge >= 0.3 is 5.97 Å². The lowest BCUT2D eigenvalue weighted by Gasteiger charge is -2.04. The standard InChI is InChI=1S/C26H22O4/c27-25(23-12-4-10-22(17-23)19-26(28)29)15-14-21-9-5-13-24(18-21)30-16-6-11-20-7-2-1-3-8-20/h1-15,17-18H,16,19H2,(H,28,29). The van der Waals surface area contributed by atoms with Crippen molar-refractivity contribution in [2.45, 2.75) is 6.42 Å². The van der Waals surface area contributed by atoms with Crippen LogP contribution < -0.4 is 4.74 Å². The van der Waals surface area contributed by atoms with Crippen LogP contribution in [0.3, 0.4) is 0 Å². The molecule has 3 rings (SSSR count). The first-order valence-electron chi connectivity index (χ1n) is 9.58. The SMILES string of the molecule is O=C(O)Cc1cccc(C(=O)C=Cc2cccc(OCC=Cc3ccccc3)c2)c1. The first kappa shape index (κ1) is 20.8. The zero-order valence-corrected chi connectivity index (χ0v) is 16.4. The Balaban J connectivity index is 1.59. The Hall–Kier alpha value is -3.92. The zero-order valence-electron chi connectivity index (χ0n) is 16.4. The summed E-state index contributed by atoms with van der Waals surface area (Å²) in [5.41, 5.74) is 3.02. The molecule has 4 nitrogen and oxygen atoms in total. The lowest BCUT2D eigenvalue weighted by Crippen LogP contribution is -2.02. The lowest BCUT2D eigenvalue weighted by molar-refractivity contribution is -0.136. The second kappa shape index (κ2) is 10.6. The monoisotopic (exact) mass is 398 g/mol. The van der Waals surface area contributed by atoms with Crippen molar-refractivity contribution in [3.8, 4) is 5.75 Å². The smallest absolute Gasteiger partial charge is 0.307 e. The van der Waals surface area contributed by atoms with Crippen molar-refractivity contribution < 1.29 is 19.4 Å². The fourth-order valence-electron chi connectivity index (χ4n) is 2.88. The Morgan fingerprint density at radius 2 is 1.60 bits per heavy atom. The molecular weight excluding hydrogens is 376 g/mol. The molecule has 3 aromatic carbocycles. The number of carboxylic acids is 1. The Kier molecular flexibility index (Phi) is 7.34. The van der Waals surface area contributed by atoms with Crippen molar-refractivity contribution >= 4 is 23.9 Å². The molecule has 0 saturated carbocycles. The van der Waals surface area contributed by atoms with Gasteiger partial charge in [0.1, 0.15) is 12.4 Å². The topological polar surface area (TPSA) is 63.6 Å². The minimum Gasteiger partial charge on any atom is -0.490 e. The predicted octanol–water partition coefficient (Wildman–Crippen LogP) is 5.30. The van der Waals surface area contributed by atoms with Crippen LogP contribution in [0, 0.1) is 0 Å². The fourth-order valence-corrected chi connectivity index (χ4v) is 2.88. The highest BCUT2D eigenvalue weighted by Crippen LogP contribution is 2.16. The zero-order chi connectivity index (χ0) is 21.2. The van der Waals surface area contributed by atoms with Crippen LogP contribution in [0.15, 0.2) is 91.0 Å². The number of ether oxygens (including phenoxy) is 1. The molecule has 0 radical (unpaired) electrons. The van der Waals surface area contributed by atoms with E-state index in [0.717, 1.165) is 11.1 Å².